The van der Waals surface area contributed by atoms with Gasteiger partial charge in [0, 0.05) is 18.2 Å². The van der Waals surface area contributed by atoms with Gasteiger partial charge in [-0.3, -0.25) is 4.79 Å². The van der Waals surface area contributed by atoms with Crippen LogP contribution >= 0.6 is 0 Å². The van der Waals surface area contributed by atoms with Crippen molar-refractivity contribution < 1.29 is 14.7 Å². The number of hydrogen-bond donors (Lipinski definition) is 3. The molecule has 0 saturated carbocycles. The van der Waals surface area contributed by atoms with Gasteiger partial charge in [-0.25, -0.2) is 4.79 Å². The second-order valence-corrected chi connectivity index (χ2v) is 6.86. The lowest BCUT2D eigenvalue weighted by Crippen LogP contribution is -2.39. The highest BCUT2D eigenvalue weighted by atomic mass is 16.4. The summed E-state index contributed by atoms with van der Waals surface area (Å²) < 4.78 is 0. The molecule has 148 valence electrons. The fourth-order valence-electron chi connectivity index (χ4n) is 3.15. The largest absolute Gasteiger partial charge is 0.481 e. The minimum atomic E-state index is -0.873. The number of hydrogen-bond acceptors (Lipinski definition) is 2. The summed E-state index contributed by atoms with van der Waals surface area (Å²) in [6.07, 6.45) is 0.947. The Labute approximate surface area is 170 Å². The average molecular weight is 388 g/mol. The molecule has 29 heavy (non-hydrogen) atoms. The first-order valence-electron chi connectivity index (χ1n) is 9.59. The second-order valence-electron chi connectivity index (χ2n) is 6.86. The maximum Gasteiger partial charge on any atom is 0.319 e. The molecule has 3 aromatic rings. The molecule has 1 atom stereocenters. The van der Waals surface area contributed by atoms with Crippen LogP contribution in [0.25, 0.3) is 11.1 Å². The van der Waals surface area contributed by atoms with E-state index >= 15 is 0 Å². The van der Waals surface area contributed by atoms with Gasteiger partial charge in [-0.2, -0.15) is 0 Å². The lowest BCUT2D eigenvalue weighted by Gasteiger charge is -2.19. The first-order valence-corrected chi connectivity index (χ1v) is 9.59. The predicted molar refractivity (Wildman–Crippen MR) is 115 cm³/mol. The topological polar surface area (TPSA) is 78.4 Å². The van der Waals surface area contributed by atoms with E-state index in [2.05, 4.69) is 10.6 Å². The molecule has 0 aromatic heterocycles. The number of anilines is 1. The Morgan fingerprint density at radius 1 is 0.793 bits per heavy atom. The number of benzene rings is 3. The predicted octanol–water partition coefficient (Wildman–Crippen LogP) is 4.95. The molecule has 3 aromatic carbocycles. The zero-order valence-corrected chi connectivity index (χ0v) is 16.0. The van der Waals surface area contributed by atoms with Crippen molar-refractivity contribution in [2.24, 2.45) is 0 Å². The number of carboxylic acid groups (broad SMARTS) is 1. The number of urea groups is 1. The molecule has 3 N–H and O–H groups in total. The number of aliphatic carboxylic acids is 1. The molecule has 0 aliphatic rings. The molecule has 0 aliphatic carbocycles. The van der Waals surface area contributed by atoms with Crippen LogP contribution in [0.15, 0.2) is 84.9 Å². The van der Waals surface area contributed by atoms with Crippen molar-refractivity contribution in [2.75, 3.05) is 5.32 Å². The Bertz CT molecular complexity index is 925. The van der Waals surface area contributed by atoms with Crippen molar-refractivity contribution in [3.8, 4) is 11.1 Å². The molecule has 0 heterocycles. The Balaban J connectivity index is 1.60. The van der Waals surface area contributed by atoms with E-state index in [0.717, 1.165) is 16.7 Å². The van der Waals surface area contributed by atoms with E-state index in [-0.39, 0.29) is 18.5 Å². The number of carboxylic acids is 1. The number of carbonyl (C=O) groups excluding carboxylic acids is 1. The van der Waals surface area contributed by atoms with E-state index in [1.54, 1.807) is 0 Å². The minimum Gasteiger partial charge on any atom is -0.481 e. The van der Waals surface area contributed by atoms with Crippen molar-refractivity contribution in [1.82, 2.24) is 5.32 Å². The molecule has 3 rings (SSSR count). The smallest absolute Gasteiger partial charge is 0.319 e. The molecule has 2 amide bonds. The Morgan fingerprint density at radius 2 is 1.38 bits per heavy atom. The van der Waals surface area contributed by atoms with Crippen LogP contribution in [0.4, 0.5) is 10.5 Å². The summed E-state index contributed by atoms with van der Waals surface area (Å²) in [5, 5.41) is 14.7. The van der Waals surface area contributed by atoms with Crippen LogP contribution in [0.1, 0.15) is 18.4 Å². The molecule has 5 heteroatoms. The van der Waals surface area contributed by atoms with Gasteiger partial charge in [0.25, 0.3) is 0 Å². The van der Waals surface area contributed by atoms with Gasteiger partial charge >= 0.3 is 12.0 Å². The number of rotatable bonds is 8. The Kier molecular flexibility index (Phi) is 7.00. The van der Waals surface area contributed by atoms with Gasteiger partial charge in [-0.15, -0.1) is 0 Å². The first kappa shape index (κ1) is 20.1. The molecule has 1 unspecified atom stereocenters. The van der Waals surface area contributed by atoms with E-state index in [9.17, 15) is 9.59 Å². The molecule has 5 nitrogen and oxygen atoms in total. The highest BCUT2D eigenvalue weighted by Gasteiger charge is 2.15. The zero-order chi connectivity index (χ0) is 20.5. The van der Waals surface area contributed by atoms with Crippen molar-refractivity contribution in [2.45, 2.75) is 25.3 Å². The summed E-state index contributed by atoms with van der Waals surface area (Å²) in [7, 11) is 0. The summed E-state index contributed by atoms with van der Waals surface area (Å²) in [6.45, 7) is 0. The van der Waals surface area contributed by atoms with E-state index in [1.165, 1.54) is 0 Å². The van der Waals surface area contributed by atoms with E-state index in [0.29, 0.717) is 18.5 Å². The lowest BCUT2D eigenvalue weighted by molar-refractivity contribution is -0.137. The minimum absolute atomic E-state index is 0.00352. The van der Waals surface area contributed by atoms with Crippen molar-refractivity contribution >= 4 is 17.7 Å². The third kappa shape index (κ3) is 6.50. The van der Waals surface area contributed by atoms with E-state index in [1.807, 2.05) is 84.9 Å². The highest BCUT2D eigenvalue weighted by molar-refractivity contribution is 5.89. The summed E-state index contributed by atoms with van der Waals surface area (Å²) in [6, 6.07) is 26.7. The number of amides is 2. The SMILES string of the molecule is O=C(O)CCC(Cc1ccccc1)NC(=O)Nc1ccc(-c2ccccc2)cc1. The molecule has 0 radical (unpaired) electrons. The van der Waals surface area contributed by atoms with Gasteiger partial charge in [0.15, 0.2) is 0 Å². The van der Waals surface area contributed by atoms with Gasteiger partial charge in [0.1, 0.15) is 0 Å². The molecule has 0 aliphatic heterocycles. The quantitative estimate of drug-likeness (QED) is 0.511. The normalized spacial score (nSPS) is 11.4. The van der Waals surface area contributed by atoms with Gasteiger partial charge in [-0.1, -0.05) is 72.8 Å². The molecular weight excluding hydrogens is 364 g/mol. The number of nitrogens with one attached hydrogen (secondary N) is 2. The molecule has 0 fully saturated rings. The molecule has 0 spiro atoms. The second kappa shape index (κ2) is 10.1. The molecule has 0 saturated heterocycles. The van der Waals surface area contributed by atoms with Crippen LogP contribution in [0, 0.1) is 0 Å². The molecular formula is C24H24N2O3. The monoisotopic (exact) mass is 388 g/mol. The Morgan fingerprint density at radius 3 is 2.00 bits per heavy atom. The molecule has 0 bridgehead atoms. The highest BCUT2D eigenvalue weighted by Crippen LogP contribution is 2.21. The van der Waals surface area contributed by atoms with Crippen LogP contribution in [-0.2, 0) is 11.2 Å². The third-order valence-electron chi connectivity index (χ3n) is 4.62. The Hall–Kier alpha value is -3.60. The van der Waals surface area contributed by atoms with E-state index < -0.39 is 5.97 Å². The first-order chi connectivity index (χ1) is 14.1. The average Bonchev–Trinajstić information content (AvgIpc) is 2.74. The third-order valence-corrected chi connectivity index (χ3v) is 4.62. The van der Waals surface area contributed by atoms with Crippen LogP contribution in [0.3, 0.4) is 0 Å². The maximum atomic E-state index is 12.4. The van der Waals surface area contributed by atoms with Gasteiger partial charge < -0.3 is 15.7 Å². The van der Waals surface area contributed by atoms with Crippen molar-refractivity contribution in [3.05, 3.63) is 90.5 Å². The van der Waals surface area contributed by atoms with E-state index in [4.69, 9.17) is 5.11 Å². The summed E-state index contributed by atoms with van der Waals surface area (Å²) in [5.74, 6) is -0.873. The summed E-state index contributed by atoms with van der Waals surface area (Å²) in [4.78, 5) is 23.4. The van der Waals surface area contributed by atoms with Crippen molar-refractivity contribution in [1.29, 1.82) is 0 Å². The number of carbonyl (C=O) groups is 2. The maximum absolute atomic E-state index is 12.4. The standard InChI is InChI=1S/C24H24N2O3/c27-23(28)16-15-22(17-18-7-3-1-4-8-18)26-24(29)25-21-13-11-20(12-14-21)19-9-5-2-6-10-19/h1-14,22H,15-17H2,(H,27,28)(H2,25,26,29). The lowest BCUT2D eigenvalue weighted by atomic mass is 10.0. The van der Waals surface area contributed by atoms with Crippen LogP contribution in [0.5, 0.6) is 0 Å². The van der Waals surface area contributed by atoms with Gasteiger partial charge in [0.2, 0.25) is 0 Å². The van der Waals surface area contributed by atoms with Gasteiger partial charge in [0.05, 0.1) is 0 Å². The fraction of sp³-hybridized carbons (Fsp3) is 0.167. The zero-order valence-electron chi connectivity index (χ0n) is 16.0. The van der Waals surface area contributed by atoms with Crippen molar-refractivity contribution in [3.63, 3.8) is 0 Å². The van der Waals surface area contributed by atoms with Crippen LogP contribution < -0.4 is 10.6 Å². The summed E-state index contributed by atoms with van der Waals surface area (Å²) in [5.41, 5.74) is 3.91. The fourth-order valence-corrected chi connectivity index (χ4v) is 3.15. The van der Waals surface area contributed by atoms with Crippen LogP contribution in [-0.4, -0.2) is 23.1 Å². The van der Waals surface area contributed by atoms with Gasteiger partial charge in [-0.05, 0) is 41.7 Å². The van der Waals surface area contributed by atoms with Crippen LogP contribution in [0.2, 0.25) is 0 Å². The summed E-state index contributed by atoms with van der Waals surface area (Å²) >= 11 is 0.